The van der Waals surface area contributed by atoms with Gasteiger partial charge in [-0.25, -0.2) is 4.98 Å². The summed E-state index contributed by atoms with van der Waals surface area (Å²) in [6, 6.07) is 18.0. The molecule has 3 aliphatic rings. The van der Waals surface area contributed by atoms with Gasteiger partial charge in [-0.15, -0.1) is 0 Å². The van der Waals surface area contributed by atoms with Gasteiger partial charge in [0.15, 0.2) is 6.29 Å². The van der Waals surface area contributed by atoms with Gasteiger partial charge in [0.05, 0.1) is 37.8 Å². The summed E-state index contributed by atoms with van der Waals surface area (Å²) in [5.74, 6) is 0.676. The number of fused-ring (bicyclic) bond motifs is 1. The highest BCUT2D eigenvalue weighted by molar-refractivity contribution is 5.99. The Morgan fingerprint density at radius 2 is 1.95 bits per heavy atom. The van der Waals surface area contributed by atoms with E-state index in [0.29, 0.717) is 34.7 Å². The highest BCUT2D eigenvalue weighted by Crippen LogP contribution is 2.35. The van der Waals surface area contributed by atoms with Crippen molar-refractivity contribution in [2.24, 2.45) is 5.41 Å². The molecule has 6 rings (SSSR count). The number of anilines is 1. The fraction of sp³-hybridized carbons (Fsp3) is 0.424. The first-order valence-corrected chi connectivity index (χ1v) is 14.3. The molecule has 0 bridgehead atoms. The van der Waals surface area contributed by atoms with Gasteiger partial charge in [0.25, 0.3) is 0 Å². The molecule has 2 saturated heterocycles. The van der Waals surface area contributed by atoms with E-state index in [9.17, 15) is 4.79 Å². The minimum Gasteiger partial charge on any atom is -0.495 e. The molecule has 8 heteroatoms. The summed E-state index contributed by atoms with van der Waals surface area (Å²) in [5, 5.41) is 20.7. The molecule has 0 amide bonds. The summed E-state index contributed by atoms with van der Waals surface area (Å²) in [7, 11) is 3.67. The Kier molecular flexibility index (Phi) is 10.9. The SMILES string of the molecule is C1NCC12COC2.C=C(C#N)CNc1c(OC)ccc2ccc(-c3cccc(C=O)n3)cc12.CNC1CCCCC1. The van der Waals surface area contributed by atoms with Crippen molar-refractivity contribution in [1.82, 2.24) is 15.6 Å². The molecule has 0 atom stereocenters. The zero-order chi connectivity index (χ0) is 29.1. The Morgan fingerprint density at radius 3 is 2.49 bits per heavy atom. The first-order chi connectivity index (χ1) is 20.0. The normalized spacial score (nSPS) is 16.9. The average molecular weight is 556 g/mol. The Morgan fingerprint density at radius 1 is 1.20 bits per heavy atom. The molecule has 3 heterocycles. The lowest BCUT2D eigenvalue weighted by Gasteiger charge is -2.48. The largest absolute Gasteiger partial charge is 0.495 e. The predicted molar refractivity (Wildman–Crippen MR) is 164 cm³/mol. The van der Waals surface area contributed by atoms with Crippen LogP contribution in [0.3, 0.4) is 0 Å². The molecule has 1 aliphatic carbocycles. The number of nitrogens with zero attached hydrogens (tertiary/aromatic N) is 2. The van der Waals surface area contributed by atoms with Crippen molar-refractivity contribution in [2.45, 2.75) is 38.1 Å². The van der Waals surface area contributed by atoms with Gasteiger partial charge < -0.3 is 25.4 Å². The number of pyridine rings is 1. The lowest BCUT2D eigenvalue weighted by molar-refractivity contribution is -0.139. The number of carbonyl (C=O) groups is 1. The molecule has 8 nitrogen and oxygen atoms in total. The number of carbonyl (C=O) groups excluding carboxylic acids is 1. The Bertz CT molecular complexity index is 1350. The molecule has 1 aromatic heterocycles. The van der Waals surface area contributed by atoms with E-state index >= 15 is 0 Å². The number of benzene rings is 2. The number of aromatic nitrogens is 1. The number of methoxy groups -OCH3 is 1. The van der Waals surface area contributed by atoms with E-state index in [4.69, 9.17) is 14.7 Å². The van der Waals surface area contributed by atoms with Gasteiger partial charge in [-0.2, -0.15) is 5.26 Å². The van der Waals surface area contributed by atoms with Crippen LogP contribution in [-0.2, 0) is 4.74 Å². The van der Waals surface area contributed by atoms with E-state index < -0.39 is 0 Å². The molecular weight excluding hydrogens is 514 g/mol. The van der Waals surface area contributed by atoms with E-state index in [1.165, 1.54) is 45.2 Å². The first-order valence-electron chi connectivity index (χ1n) is 14.3. The van der Waals surface area contributed by atoms with Crippen LogP contribution in [0.4, 0.5) is 5.69 Å². The fourth-order valence-electron chi connectivity index (χ4n) is 5.19. The molecule has 3 fully saturated rings. The van der Waals surface area contributed by atoms with Crippen LogP contribution >= 0.6 is 0 Å². The van der Waals surface area contributed by atoms with Crippen LogP contribution < -0.4 is 20.7 Å². The van der Waals surface area contributed by atoms with E-state index in [2.05, 4.69) is 34.6 Å². The third-order valence-electron chi connectivity index (χ3n) is 7.86. The summed E-state index contributed by atoms with van der Waals surface area (Å²) in [4.78, 5) is 15.3. The van der Waals surface area contributed by atoms with Gasteiger partial charge in [-0.3, -0.25) is 4.79 Å². The molecule has 2 aromatic carbocycles. The zero-order valence-corrected chi connectivity index (χ0v) is 24.2. The van der Waals surface area contributed by atoms with Gasteiger partial charge in [0, 0.05) is 47.6 Å². The second-order valence-electron chi connectivity index (χ2n) is 10.9. The number of nitriles is 1. The highest BCUT2D eigenvalue weighted by Gasteiger charge is 2.43. The van der Waals surface area contributed by atoms with Crippen LogP contribution in [0.5, 0.6) is 5.75 Å². The van der Waals surface area contributed by atoms with Crippen LogP contribution in [0.2, 0.25) is 0 Å². The maximum atomic E-state index is 11.0. The fourth-order valence-corrected chi connectivity index (χ4v) is 5.19. The quantitative estimate of drug-likeness (QED) is 0.264. The van der Waals surface area contributed by atoms with Gasteiger partial charge in [0.1, 0.15) is 11.4 Å². The van der Waals surface area contributed by atoms with E-state index in [1.54, 1.807) is 19.2 Å². The van der Waals surface area contributed by atoms with Gasteiger partial charge in [-0.1, -0.05) is 50.1 Å². The summed E-state index contributed by atoms with van der Waals surface area (Å²) >= 11 is 0. The van der Waals surface area contributed by atoms with Gasteiger partial charge in [0.2, 0.25) is 0 Å². The molecule has 216 valence electrons. The van der Waals surface area contributed by atoms with Crippen molar-refractivity contribution in [3.63, 3.8) is 0 Å². The van der Waals surface area contributed by atoms with Crippen molar-refractivity contribution >= 4 is 22.7 Å². The van der Waals surface area contributed by atoms with Gasteiger partial charge in [-0.05, 0) is 49.5 Å². The van der Waals surface area contributed by atoms with Crippen LogP contribution in [0.1, 0.15) is 42.6 Å². The minimum absolute atomic E-state index is 0.328. The Balaban J connectivity index is 0.000000206. The van der Waals surface area contributed by atoms with Crippen molar-refractivity contribution in [1.29, 1.82) is 5.26 Å². The van der Waals surface area contributed by atoms with E-state index in [1.807, 2.05) is 42.5 Å². The van der Waals surface area contributed by atoms with Gasteiger partial charge >= 0.3 is 0 Å². The monoisotopic (exact) mass is 555 g/mol. The lowest BCUT2D eigenvalue weighted by atomic mass is 9.80. The maximum absolute atomic E-state index is 11.0. The van der Waals surface area contributed by atoms with Crippen LogP contribution in [-0.4, -0.2) is 64.3 Å². The number of rotatable bonds is 7. The maximum Gasteiger partial charge on any atom is 0.168 e. The summed E-state index contributed by atoms with van der Waals surface area (Å²) in [6.45, 7) is 8.40. The van der Waals surface area contributed by atoms with Crippen LogP contribution in [0.25, 0.3) is 22.0 Å². The second kappa shape index (κ2) is 14.7. The first kappa shape index (κ1) is 30.2. The van der Waals surface area contributed by atoms with Crippen LogP contribution in [0.15, 0.2) is 60.7 Å². The number of ether oxygens (including phenoxy) is 2. The average Bonchev–Trinajstić information content (AvgIpc) is 2.98. The molecule has 0 unspecified atom stereocenters. The van der Waals surface area contributed by atoms with Crippen molar-refractivity contribution < 1.29 is 14.3 Å². The molecular formula is C33H41N5O3. The highest BCUT2D eigenvalue weighted by atomic mass is 16.5. The lowest BCUT2D eigenvalue weighted by Crippen LogP contribution is -2.64. The Labute approximate surface area is 243 Å². The minimum atomic E-state index is 0.328. The molecule has 2 aliphatic heterocycles. The summed E-state index contributed by atoms with van der Waals surface area (Å²) < 4.78 is 10.5. The molecule has 3 aromatic rings. The van der Waals surface area contributed by atoms with E-state index in [0.717, 1.165) is 47.6 Å². The van der Waals surface area contributed by atoms with Crippen LogP contribution in [0, 0.1) is 16.7 Å². The van der Waals surface area contributed by atoms with Crippen molar-refractivity contribution in [3.8, 4) is 23.1 Å². The zero-order valence-electron chi connectivity index (χ0n) is 24.2. The Hall–Kier alpha value is -3.77. The number of hydrogen-bond acceptors (Lipinski definition) is 8. The molecule has 0 radical (unpaired) electrons. The standard InChI is InChI=1S/C21H17N3O2.C7H15N.C5H9NO/c1-14(11-22)12-23-21-18-10-16(19-5-3-4-17(13-25)24-19)7-6-15(18)8-9-20(21)26-2;1-8-7-5-3-2-4-6-7;1-5(2-6-1)3-7-4-5/h3-10,13,23H,1,12H2,2H3;7-8H,2-6H2,1H3;6H,1-4H2. The molecule has 1 saturated carbocycles. The number of aldehydes is 1. The predicted octanol–water partition coefficient (Wildman–Crippen LogP) is 5.36. The van der Waals surface area contributed by atoms with Crippen molar-refractivity contribution in [3.05, 3.63) is 66.4 Å². The third kappa shape index (κ3) is 7.92. The molecule has 3 N–H and O–H groups in total. The number of hydrogen-bond donors (Lipinski definition) is 3. The summed E-state index contributed by atoms with van der Waals surface area (Å²) in [6.07, 6.45) is 7.86. The molecule has 1 spiro atoms. The topological polar surface area (TPSA) is 108 Å². The number of nitrogens with one attached hydrogen (secondary N) is 3. The van der Waals surface area contributed by atoms with E-state index in [-0.39, 0.29) is 0 Å². The van der Waals surface area contributed by atoms with Crippen molar-refractivity contribution in [2.75, 3.05) is 52.3 Å². The second-order valence-corrected chi connectivity index (χ2v) is 10.9. The summed E-state index contributed by atoms with van der Waals surface area (Å²) in [5.41, 5.74) is 3.82. The smallest absolute Gasteiger partial charge is 0.168 e. The third-order valence-corrected chi connectivity index (χ3v) is 7.86. The molecule has 41 heavy (non-hydrogen) atoms.